The molecule has 0 amide bonds. The minimum absolute atomic E-state index is 0.180. The van der Waals surface area contributed by atoms with Gasteiger partial charge < -0.3 is 19.9 Å². The summed E-state index contributed by atoms with van der Waals surface area (Å²) in [6.07, 6.45) is 4.76. The van der Waals surface area contributed by atoms with Crippen LogP contribution in [0.1, 0.15) is 32.6 Å². The van der Waals surface area contributed by atoms with Gasteiger partial charge in [-0.05, 0) is 31.9 Å². The van der Waals surface area contributed by atoms with E-state index in [1.807, 2.05) is 31.2 Å². The van der Waals surface area contributed by atoms with E-state index in [1.165, 1.54) is 12.8 Å². The predicted octanol–water partition coefficient (Wildman–Crippen LogP) is 2.75. The van der Waals surface area contributed by atoms with Gasteiger partial charge in [0.1, 0.15) is 6.61 Å². The van der Waals surface area contributed by atoms with Crippen LogP contribution in [0.4, 0.5) is 0 Å². The second-order valence-corrected chi connectivity index (χ2v) is 5.09. The van der Waals surface area contributed by atoms with Gasteiger partial charge in [-0.3, -0.25) is 0 Å². The predicted molar refractivity (Wildman–Crippen MR) is 79.3 cm³/mol. The van der Waals surface area contributed by atoms with Crippen molar-refractivity contribution in [1.82, 2.24) is 0 Å². The third-order valence-corrected chi connectivity index (χ3v) is 3.58. The lowest BCUT2D eigenvalue weighted by Gasteiger charge is -2.28. The summed E-state index contributed by atoms with van der Waals surface area (Å²) < 4.78 is 17.1. The van der Waals surface area contributed by atoms with Crippen LogP contribution >= 0.6 is 0 Å². The molecule has 1 aliphatic carbocycles. The van der Waals surface area contributed by atoms with Gasteiger partial charge in [-0.1, -0.05) is 25.0 Å². The van der Waals surface area contributed by atoms with Crippen molar-refractivity contribution in [3.05, 3.63) is 24.3 Å². The van der Waals surface area contributed by atoms with Crippen LogP contribution in [-0.4, -0.2) is 32.0 Å². The first-order valence-corrected chi connectivity index (χ1v) is 7.53. The fraction of sp³-hybridized carbons (Fsp3) is 0.625. The highest BCUT2D eigenvalue weighted by Gasteiger charge is 2.22. The summed E-state index contributed by atoms with van der Waals surface area (Å²) in [5.74, 6) is 1.55. The lowest BCUT2D eigenvalue weighted by atomic mass is 9.93. The summed E-state index contributed by atoms with van der Waals surface area (Å²) in [4.78, 5) is 0. The largest absolute Gasteiger partial charge is 0.490 e. The molecule has 2 unspecified atom stereocenters. The summed E-state index contributed by atoms with van der Waals surface area (Å²) in [6.45, 7) is 3.68. The Morgan fingerprint density at radius 1 is 1.05 bits per heavy atom. The molecule has 0 spiro atoms. The number of hydrogen-bond donors (Lipinski definition) is 1. The lowest BCUT2D eigenvalue weighted by Crippen LogP contribution is -2.40. The van der Waals surface area contributed by atoms with Crippen LogP contribution in [0.2, 0.25) is 0 Å². The van der Waals surface area contributed by atoms with Gasteiger partial charge in [0, 0.05) is 6.04 Å². The van der Waals surface area contributed by atoms with Crippen LogP contribution in [-0.2, 0) is 4.74 Å². The molecule has 1 saturated carbocycles. The molecule has 0 bridgehead atoms. The fourth-order valence-corrected chi connectivity index (χ4v) is 2.53. The highest BCUT2D eigenvalue weighted by Crippen LogP contribution is 2.26. The number of hydrogen-bond acceptors (Lipinski definition) is 4. The molecule has 2 rings (SSSR count). The normalized spacial score (nSPS) is 22.5. The van der Waals surface area contributed by atoms with E-state index >= 15 is 0 Å². The van der Waals surface area contributed by atoms with Crippen molar-refractivity contribution < 1.29 is 14.2 Å². The molecule has 20 heavy (non-hydrogen) atoms. The Kier molecular flexibility index (Phi) is 6.15. The molecule has 0 radical (unpaired) electrons. The molecule has 1 aromatic carbocycles. The van der Waals surface area contributed by atoms with Gasteiger partial charge in [0.25, 0.3) is 0 Å². The molecule has 1 aromatic rings. The second kappa shape index (κ2) is 8.12. The Labute approximate surface area is 121 Å². The average Bonchev–Trinajstić information content (AvgIpc) is 2.47. The maximum absolute atomic E-state index is 6.05. The van der Waals surface area contributed by atoms with E-state index in [4.69, 9.17) is 19.9 Å². The van der Waals surface area contributed by atoms with E-state index in [9.17, 15) is 0 Å². The molecular weight excluding hydrogens is 254 g/mol. The van der Waals surface area contributed by atoms with Crippen molar-refractivity contribution in [2.24, 2.45) is 5.73 Å². The molecule has 112 valence electrons. The Bertz CT molecular complexity index is 397. The van der Waals surface area contributed by atoms with Gasteiger partial charge in [-0.25, -0.2) is 0 Å². The monoisotopic (exact) mass is 279 g/mol. The third-order valence-electron chi connectivity index (χ3n) is 3.58. The number of rotatable bonds is 7. The maximum atomic E-state index is 6.05. The third kappa shape index (κ3) is 4.39. The SMILES string of the molecule is CCOc1ccccc1OCCOC1CCCCC1N. The van der Waals surface area contributed by atoms with E-state index in [-0.39, 0.29) is 12.1 Å². The molecule has 4 nitrogen and oxygen atoms in total. The smallest absolute Gasteiger partial charge is 0.161 e. The average molecular weight is 279 g/mol. The molecule has 0 saturated heterocycles. The molecule has 4 heteroatoms. The Balaban J connectivity index is 1.73. The Morgan fingerprint density at radius 3 is 2.45 bits per heavy atom. The summed E-state index contributed by atoms with van der Waals surface area (Å²) in [5, 5.41) is 0. The highest BCUT2D eigenvalue weighted by atomic mass is 16.5. The zero-order valence-electron chi connectivity index (χ0n) is 12.2. The van der Waals surface area contributed by atoms with Crippen LogP contribution in [0.3, 0.4) is 0 Å². The Hall–Kier alpha value is -1.26. The van der Waals surface area contributed by atoms with Crippen LogP contribution in [0.15, 0.2) is 24.3 Å². The standard InChI is InChI=1S/C16H25NO3/c1-2-18-15-9-5-6-10-16(15)20-12-11-19-14-8-4-3-7-13(14)17/h5-6,9-10,13-14H,2-4,7-8,11-12,17H2,1H3. The Morgan fingerprint density at radius 2 is 1.75 bits per heavy atom. The van der Waals surface area contributed by atoms with Crippen molar-refractivity contribution >= 4 is 0 Å². The van der Waals surface area contributed by atoms with Crippen molar-refractivity contribution in [2.75, 3.05) is 19.8 Å². The number of ether oxygens (including phenoxy) is 3. The first-order valence-electron chi connectivity index (χ1n) is 7.53. The van der Waals surface area contributed by atoms with E-state index in [0.717, 1.165) is 24.3 Å². The zero-order valence-corrected chi connectivity index (χ0v) is 12.2. The topological polar surface area (TPSA) is 53.7 Å². The second-order valence-electron chi connectivity index (χ2n) is 5.09. The van der Waals surface area contributed by atoms with Crippen molar-refractivity contribution in [3.8, 4) is 11.5 Å². The first kappa shape index (κ1) is 15.1. The van der Waals surface area contributed by atoms with Crippen LogP contribution in [0, 0.1) is 0 Å². The van der Waals surface area contributed by atoms with Gasteiger partial charge in [0.05, 0.1) is 19.3 Å². The van der Waals surface area contributed by atoms with Crippen LogP contribution < -0.4 is 15.2 Å². The first-order chi connectivity index (χ1) is 9.81. The summed E-state index contributed by atoms with van der Waals surface area (Å²) in [7, 11) is 0. The summed E-state index contributed by atoms with van der Waals surface area (Å²) in [6, 6.07) is 7.89. The number of nitrogens with two attached hydrogens (primary N) is 1. The summed E-state index contributed by atoms with van der Waals surface area (Å²) >= 11 is 0. The van der Waals surface area contributed by atoms with E-state index in [1.54, 1.807) is 0 Å². The minimum Gasteiger partial charge on any atom is -0.490 e. The van der Waals surface area contributed by atoms with E-state index in [2.05, 4.69) is 0 Å². The number of para-hydroxylation sites is 2. The van der Waals surface area contributed by atoms with Crippen LogP contribution in [0.25, 0.3) is 0 Å². The molecule has 1 fully saturated rings. The fourth-order valence-electron chi connectivity index (χ4n) is 2.53. The molecule has 2 atom stereocenters. The maximum Gasteiger partial charge on any atom is 0.161 e. The molecule has 0 aromatic heterocycles. The van der Waals surface area contributed by atoms with Crippen molar-refractivity contribution in [3.63, 3.8) is 0 Å². The van der Waals surface area contributed by atoms with Gasteiger partial charge >= 0.3 is 0 Å². The molecule has 1 aliphatic rings. The van der Waals surface area contributed by atoms with Gasteiger partial charge in [-0.15, -0.1) is 0 Å². The molecule has 0 heterocycles. The van der Waals surface area contributed by atoms with Gasteiger partial charge in [0.2, 0.25) is 0 Å². The lowest BCUT2D eigenvalue weighted by molar-refractivity contribution is 0.00106. The van der Waals surface area contributed by atoms with E-state index in [0.29, 0.717) is 19.8 Å². The molecular formula is C16H25NO3. The minimum atomic E-state index is 0.180. The van der Waals surface area contributed by atoms with Gasteiger partial charge in [0.15, 0.2) is 11.5 Å². The molecule has 2 N–H and O–H groups in total. The summed E-state index contributed by atoms with van der Waals surface area (Å²) in [5.41, 5.74) is 6.05. The molecule has 0 aliphatic heterocycles. The quantitative estimate of drug-likeness (QED) is 0.780. The van der Waals surface area contributed by atoms with Crippen molar-refractivity contribution in [1.29, 1.82) is 0 Å². The number of benzene rings is 1. The zero-order chi connectivity index (χ0) is 14.2. The van der Waals surface area contributed by atoms with Crippen molar-refractivity contribution in [2.45, 2.75) is 44.8 Å². The van der Waals surface area contributed by atoms with E-state index < -0.39 is 0 Å². The van der Waals surface area contributed by atoms with Crippen LogP contribution in [0.5, 0.6) is 11.5 Å². The van der Waals surface area contributed by atoms with Gasteiger partial charge in [-0.2, -0.15) is 0 Å². The highest BCUT2D eigenvalue weighted by molar-refractivity contribution is 5.39.